The van der Waals surface area contributed by atoms with Gasteiger partial charge < -0.3 is 61.2 Å². The first kappa shape index (κ1) is 40.6. The number of amides is 4. The molecular weight excluding hydrogens is 799 g/mol. The topological polar surface area (TPSA) is 350 Å². The number of nitrogen functional groups attached to an aromatic ring is 1. The van der Waals surface area contributed by atoms with Gasteiger partial charge >= 0.3 is 34.5 Å². The van der Waals surface area contributed by atoms with E-state index in [1.807, 2.05) is 0 Å². The molecule has 52 heavy (non-hydrogen) atoms. The van der Waals surface area contributed by atoms with Crippen LogP contribution in [0.2, 0.25) is 0 Å². The highest BCUT2D eigenvalue weighted by Gasteiger charge is 2.49. The Bertz CT molecular complexity index is 1790. The van der Waals surface area contributed by atoms with Crippen LogP contribution in [0.5, 0.6) is 0 Å². The maximum atomic E-state index is 12.7. The second-order valence-corrected chi connectivity index (χ2v) is 18.7. The van der Waals surface area contributed by atoms with Crippen molar-refractivity contribution in [2.75, 3.05) is 31.2 Å². The van der Waals surface area contributed by atoms with Crippen molar-refractivity contribution in [2.24, 2.45) is 0 Å². The molecule has 3 saturated heterocycles. The Morgan fingerprint density at radius 1 is 1.10 bits per heavy atom. The molecule has 3 fully saturated rings. The molecule has 0 aliphatic carbocycles. The fraction of sp³-hybridized carbons (Fsp3) is 0.652. The SMILES string of the molecule is Nc1ncnc2c1ncn2[C@@H]1O[C@H](COP(=O)(O)OP(=O)(O)OP(O)(O)=S)[C@@H](OC(=O)NCCNC(=O)CCCC[C@@H]2SC[C@@H]3NC(=O)N[C@@H]32)[C@H]1O. The van der Waals surface area contributed by atoms with Gasteiger partial charge in [-0.05, 0) is 24.6 Å². The smallest absolute Gasteiger partial charge is 0.440 e. The molecule has 0 saturated carbocycles. The summed E-state index contributed by atoms with van der Waals surface area (Å²) in [5, 5.41) is 22.3. The highest BCUT2D eigenvalue weighted by molar-refractivity contribution is 8.08. The number of alkyl carbamates (subject to hydrolysis) is 1. The number of imidazole rings is 1. The molecule has 4 amide bonds. The third kappa shape index (κ3) is 10.8. The number of aliphatic hydroxyl groups is 1. The molecule has 0 radical (unpaired) electrons. The summed E-state index contributed by atoms with van der Waals surface area (Å²) in [7, 11) is -11.2. The summed E-state index contributed by atoms with van der Waals surface area (Å²) < 4.78 is 49.2. The van der Waals surface area contributed by atoms with Crippen LogP contribution in [-0.2, 0) is 48.4 Å². The van der Waals surface area contributed by atoms with Crippen LogP contribution >= 0.6 is 34.1 Å². The summed E-state index contributed by atoms with van der Waals surface area (Å²) in [5.41, 5.74) is 6.06. The van der Waals surface area contributed by atoms with Crippen molar-refractivity contribution in [3.63, 3.8) is 0 Å². The van der Waals surface area contributed by atoms with Gasteiger partial charge in [-0.2, -0.15) is 16.1 Å². The number of unbranched alkanes of at least 4 members (excludes halogenated alkanes) is 1. The Balaban J connectivity index is 1.12. The lowest BCUT2D eigenvalue weighted by Gasteiger charge is -2.22. The highest BCUT2D eigenvalue weighted by Crippen LogP contribution is 2.66. The van der Waals surface area contributed by atoms with Crippen LogP contribution in [0.1, 0.15) is 31.9 Å². The summed E-state index contributed by atoms with van der Waals surface area (Å²) in [6, 6.07) is 0.0561. The number of nitrogens with two attached hydrogens (primary N) is 1. The number of carbonyl (C=O) groups is 3. The van der Waals surface area contributed by atoms with Crippen molar-refractivity contribution in [1.29, 1.82) is 0 Å². The van der Waals surface area contributed by atoms with E-state index in [4.69, 9.17) is 29.5 Å². The molecule has 11 N–H and O–H groups in total. The number of thioether (sulfide) groups is 1. The number of carbonyl (C=O) groups excluding carboxylic acids is 3. The van der Waals surface area contributed by atoms with Crippen molar-refractivity contribution in [3.8, 4) is 0 Å². The number of phosphoric ester groups is 1. The zero-order valence-electron chi connectivity index (χ0n) is 26.7. The lowest BCUT2D eigenvalue weighted by atomic mass is 10.0. The number of aromatic nitrogens is 4. The van der Waals surface area contributed by atoms with E-state index in [0.29, 0.717) is 6.42 Å². The number of nitrogens with one attached hydrogen (secondary N) is 4. The van der Waals surface area contributed by atoms with Crippen molar-refractivity contribution >= 4 is 80.9 Å². The van der Waals surface area contributed by atoms with Gasteiger partial charge in [0.25, 0.3) is 0 Å². The van der Waals surface area contributed by atoms with Crippen LogP contribution in [0.3, 0.4) is 0 Å². The first-order valence-electron chi connectivity index (χ1n) is 15.4. The van der Waals surface area contributed by atoms with Gasteiger partial charge in [0.1, 0.15) is 24.1 Å². The molecule has 290 valence electrons. The van der Waals surface area contributed by atoms with Crippen molar-refractivity contribution in [3.05, 3.63) is 12.7 Å². The second-order valence-electron chi connectivity index (χ2n) is 11.5. The Morgan fingerprint density at radius 2 is 1.85 bits per heavy atom. The van der Waals surface area contributed by atoms with E-state index in [9.17, 15) is 38.4 Å². The van der Waals surface area contributed by atoms with E-state index in [1.165, 1.54) is 10.9 Å². The minimum absolute atomic E-state index is 0.0000386. The van der Waals surface area contributed by atoms with Gasteiger partial charge in [0, 0.05) is 30.5 Å². The number of aliphatic hydroxyl groups excluding tert-OH is 1. The lowest BCUT2D eigenvalue weighted by molar-refractivity contribution is -0.121. The molecule has 9 atom stereocenters. The van der Waals surface area contributed by atoms with E-state index >= 15 is 0 Å². The molecule has 0 spiro atoms. The van der Waals surface area contributed by atoms with Gasteiger partial charge in [-0.3, -0.25) is 13.9 Å². The predicted molar refractivity (Wildman–Crippen MR) is 181 cm³/mol. The number of hydrogen-bond acceptors (Lipinski definition) is 17. The number of urea groups is 1. The quantitative estimate of drug-likeness (QED) is 0.0522. The van der Waals surface area contributed by atoms with E-state index in [1.54, 1.807) is 11.8 Å². The lowest BCUT2D eigenvalue weighted by Crippen LogP contribution is -2.42. The third-order valence-corrected chi connectivity index (χ3v) is 13.7. The zero-order chi connectivity index (χ0) is 37.8. The average Bonchev–Trinajstić information content (AvgIpc) is 3.79. The first-order chi connectivity index (χ1) is 24.4. The molecular formula is C23H36N9O15P3S2. The van der Waals surface area contributed by atoms with Crippen LogP contribution in [0.4, 0.5) is 15.4 Å². The molecule has 2 unspecified atom stereocenters. The fourth-order valence-electron chi connectivity index (χ4n) is 5.65. The minimum Gasteiger partial charge on any atom is -0.440 e. The molecule has 0 aromatic carbocycles. The normalized spacial score (nSPS) is 28.0. The van der Waals surface area contributed by atoms with E-state index in [-0.39, 0.29) is 65.8 Å². The Labute approximate surface area is 303 Å². The van der Waals surface area contributed by atoms with Gasteiger partial charge in [-0.15, -0.1) is 0 Å². The van der Waals surface area contributed by atoms with Crippen molar-refractivity contribution in [2.45, 2.75) is 67.6 Å². The van der Waals surface area contributed by atoms with Gasteiger partial charge in [-0.25, -0.2) is 38.0 Å². The fourth-order valence-corrected chi connectivity index (χ4v) is 11.0. The molecule has 5 rings (SSSR count). The molecule has 3 aliphatic heterocycles. The van der Waals surface area contributed by atoms with Crippen molar-refractivity contribution in [1.82, 2.24) is 40.8 Å². The third-order valence-electron chi connectivity index (χ3n) is 7.83. The molecule has 2 aromatic heterocycles. The molecule has 3 aliphatic rings. The molecule has 24 nitrogen and oxygen atoms in total. The maximum absolute atomic E-state index is 12.7. The summed E-state index contributed by atoms with van der Waals surface area (Å²) in [4.78, 5) is 86.3. The summed E-state index contributed by atoms with van der Waals surface area (Å²) in [6.45, 7) is -5.90. The Morgan fingerprint density at radius 3 is 2.60 bits per heavy atom. The van der Waals surface area contributed by atoms with E-state index < -0.39 is 59.6 Å². The predicted octanol–water partition coefficient (Wildman–Crippen LogP) is -0.937. The molecule has 2 aromatic rings. The van der Waals surface area contributed by atoms with Crippen LogP contribution in [-0.4, -0.2) is 123 Å². The van der Waals surface area contributed by atoms with E-state index in [0.717, 1.165) is 24.9 Å². The summed E-state index contributed by atoms with van der Waals surface area (Å²) >= 11 is 5.84. The van der Waals surface area contributed by atoms with Gasteiger partial charge in [-0.1, -0.05) is 6.42 Å². The van der Waals surface area contributed by atoms with Gasteiger partial charge in [0.05, 0.1) is 25.0 Å². The highest BCUT2D eigenvalue weighted by atomic mass is 32.5. The number of ether oxygens (including phenoxy) is 2. The second kappa shape index (κ2) is 16.9. The molecule has 0 bridgehead atoms. The van der Waals surface area contributed by atoms with Gasteiger partial charge in [0.15, 0.2) is 23.8 Å². The van der Waals surface area contributed by atoms with E-state index in [2.05, 4.69) is 56.6 Å². The Kier molecular flexibility index (Phi) is 13.2. The summed E-state index contributed by atoms with van der Waals surface area (Å²) in [5.74, 6) is 0.602. The first-order valence-corrected chi connectivity index (χ1v) is 22.0. The number of fused-ring (bicyclic) bond motifs is 2. The van der Waals surface area contributed by atoms with Crippen LogP contribution in [0.25, 0.3) is 11.2 Å². The molecule has 5 heterocycles. The number of phosphoric acid groups is 2. The van der Waals surface area contributed by atoms with Gasteiger partial charge in [0.2, 0.25) is 5.91 Å². The zero-order valence-corrected chi connectivity index (χ0v) is 31.0. The van der Waals surface area contributed by atoms with Crippen LogP contribution in [0, 0.1) is 0 Å². The Hall–Kier alpha value is -2.54. The average molecular weight is 836 g/mol. The number of anilines is 1. The minimum atomic E-state index is -5.63. The number of nitrogens with zero attached hydrogens (tertiary/aromatic N) is 4. The van der Waals surface area contributed by atoms with Crippen LogP contribution < -0.4 is 27.0 Å². The monoisotopic (exact) mass is 835 g/mol. The molecule has 29 heteroatoms. The standard InChI is InChI=1S/C23H36N9O15P3S2/c24-19-16-20(28-9-27-19)32(10-29-16)21-17(34)18(12(44-21)7-43-48(37,38)46-49(39,40)47-50(41,42)51)45-23(36)26-6-5-25-14(33)4-2-1-3-13-15-11(8-52-13)30-22(35)31-15/h9-13,15,17-18,21,34H,1-8H2,(H,25,33)(H,26,36)(H,37,38)(H,39,40)(H2,24,27,28)(H2,30,31,35)(H2,41,42,51)/t11-,12+,13-,15-,17+,18+,21+/m0/s1. The number of rotatable bonds is 17. The number of hydrogen-bond donors (Lipinski definition) is 10. The largest absolute Gasteiger partial charge is 0.488 e. The van der Waals surface area contributed by atoms with Crippen LogP contribution in [0.15, 0.2) is 12.7 Å². The maximum Gasteiger partial charge on any atom is 0.488 e. The summed E-state index contributed by atoms with van der Waals surface area (Å²) in [6.07, 6.45) is -2.58. The van der Waals surface area contributed by atoms with Crippen molar-refractivity contribution < 1.29 is 70.8 Å².